The number of primary amides is 1. The number of carbonyl (C=O) groups is 2. The number of nitrogens with one attached hydrogen (secondary N) is 2. The molecule has 1 fully saturated rings. The molecular weight excluding hydrogens is 496 g/mol. The molecule has 3 aromatic rings. The fraction of sp³-hybridized carbons (Fsp3) is 0.367. The molecule has 1 aliphatic heterocycles. The lowest BCUT2D eigenvalue weighted by Crippen LogP contribution is -2.73. The number of nitrogens with two attached hydrogens (primary N) is 1. The second kappa shape index (κ2) is 9.07. The molecule has 0 radical (unpaired) electrons. The number of aromatic amines is 1. The minimum absolute atomic E-state index is 0.125. The zero-order valence-corrected chi connectivity index (χ0v) is 21.7. The van der Waals surface area contributed by atoms with Crippen LogP contribution in [-0.4, -0.2) is 63.2 Å². The van der Waals surface area contributed by atoms with Crippen molar-refractivity contribution in [1.82, 2.24) is 15.2 Å². The molecule has 2 aliphatic carbocycles. The van der Waals surface area contributed by atoms with Gasteiger partial charge in [-0.2, -0.15) is 0 Å². The number of amides is 2. The Bertz CT molecular complexity index is 1540. The van der Waals surface area contributed by atoms with Crippen molar-refractivity contribution in [1.29, 1.82) is 0 Å². The van der Waals surface area contributed by atoms with Gasteiger partial charge in [-0.1, -0.05) is 36.4 Å². The number of carbonyl (C=O) groups excluding carboxylic acids is 2. The van der Waals surface area contributed by atoms with Crippen molar-refractivity contribution in [3.63, 3.8) is 0 Å². The van der Waals surface area contributed by atoms with Gasteiger partial charge in [-0.25, -0.2) is 0 Å². The zero-order valence-electron chi connectivity index (χ0n) is 21.7. The van der Waals surface area contributed by atoms with Crippen LogP contribution in [0.25, 0.3) is 0 Å². The lowest BCUT2D eigenvalue weighted by atomic mass is 9.49. The summed E-state index contributed by atoms with van der Waals surface area (Å²) in [5.41, 5.74) is 7.25. The predicted octanol–water partition coefficient (Wildman–Crippen LogP) is 0.935. The largest absolute Gasteiger partial charge is 0.508 e. The maximum Gasteiger partial charge on any atom is 0.261 e. The van der Waals surface area contributed by atoms with E-state index in [1.54, 1.807) is 18.2 Å². The number of H-pyrrole nitrogens is 1. The van der Waals surface area contributed by atoms with Crippen LogP contribution in [0.1, 0.15) is 44.7 Å². The van der Waals surface area contributed by atoms with Gasteiger partial charge in [-0.05, 0) is 66.9 Å². The summed E-state index contributed by atoms with van der Waals surface area (Å²) in [6.07, 6.45) is 2.13. The number of fused-ring (bicyclic) bond motifs is 2. The number of pyridine rings is 1. The molecule has 0 saturated carbocycles. The second-order valence-electron chi connectivity index (χ2n) is 11.3. The number of aromatic hydroxyl groups is 1. The van der Waals surface area contributed by atoms with Crippen LogP contribution in [0.3, 0.4) is 0 Å². The standard InChI is InChI=1S/C30H32N4O5/c1-34-10-9-29-16-24-19(15-30(29,39)25(34)13-18-7-8-20(35)14-22(18)29)12-21(28(38)33-24)27(37)32-23(26(31)36)11-17-5-3-2-4-6-17/h2-8,12,14,23,25,35,39H,9-11,13,15-16H2,1H3,(H2,31,36)(H,32,37)(H,33,38)/t23-,25+,29+,30+/m0/s1. The average Bonchev–Trinajstić information content (AvgIpc) is 2.90. The summed E-state index contributed by atoms with van der Waals surface area (Å²) < 4.78 is 0. The van der Waals surface area contributed by atoms with E-state index in [4.69, 9.17) is 5.73 Å². The SMILES string of the molecule is CN1CC[C@]23Cc4[nH]c(=O)c(C(=O)N[C@@H](Cc5ccccc5)C(N)=O)cc4C[C@@]2(O)[C@H]1Cc1ccc(O)cc13. The van der Waals surface area contributed by atoms with E-state index in [2.05, 4.69) is 15.2 Å². The number of aliphatic hydroxyl groups is 1. The fourth-order valence-corrected chi connectivity index (χ4v) is 7.13. The van der Waals surface area contributed by atoms with E-state index < -0.39 is 34.4 Å². The number of benzene rings is 2. The first-order valence-corrected chi connectivity index (χ1v) is 13.3. The number of likely N-dealkylation sites (tertiary alicyclic amines) is 1. The van der Waals surface area contributed by atoms with Crippen molar-refractivity contribution >= 4 is 11.8 Å². The van der Waals surface area contributed by atoms with Gasteiger partial charge in [-0.3, -0.25) is 14.4 Å². The van der Waals surface area contributed by atoms with E-state index in [1.165, 1.54) is 0 Å². The van der Waals surface area contributed by atoms with Gasteiger partial charge in [0.2, 0.25) is 5.91 Å². The van der Waals surface area contributed by atoms with Gasteiger partial charge in [0.25, 0.3) is 11.5 Å². The highest BCUT2D eigenvalue weighted by molar-refractivity contribution is 5.97. The van der Waals surface area contributed by atoms with E-state index in [1.807, 2.05) is 43.4 Å². The summed E-state index contributed by atoms with van der Waals surface area (Å²) in [5, 5.41) is 25.4. The van der Waals surface area contributed by atoms with Gasteiger partial charge in [-0.15, -0.1) is 0 Å². The third-order valence-corrected chi connectivity index (χ3v) is 9.16. The van der Waals surface area contributed by atoms with Crippen LogP contribution in [0.5, 0.6) is 5.75 Å². The van der Waals surface area contributed by atoms with Crippen LogP contribution >= 0.6 is 0 Å². The van der Waals surface area contributed by atoms with Crippen molar-refractivity contribution in [2.75, 3.05) is 13.6 Å². The van der Waals surface area contributed by atoms with Crippen molar-refractivity contribution in [3.8, 4) is 5.75 Å². The number of likely N-dealkylation sites (N-methyl/N-ethyl adjacent to an activating group) is 1. The third-order valence-electron chi connectivity index (χ3n) is 9.16. The summed E-state index contributed by atoms with van der Waals surface area (Å²) >= 11 is 0. The van der Waals surface area contributed by atoms with Crippen molar-refractivity contribution in [2.45, 2.75) is 55.2 Å². The minimum Gasteiger partial charge on any atom is -0.508 e. The van der Waals surface area contributed by atoms with Crippen LogP contribution in [0.2, 0.25) is 0 Å². The quantitative estimate of drug-likeness (QED) is 0.333. The molecule has 6 N–H and O–H groups in total. The fourth-order valence-electron chi connectivity index (χ4n) is 7.13. The number of phenolic OH excluding ortho intramolecular Hbond substituents is 1. The predicted molar refractivity (Wildman–Crippen MR) is 145 cm³/mol. The normalized spacial score (nSPS) is 26.1. The minimum atomic E-state index is -1.16. The number of nitrogens with zero attached hydrogens (tertiary/aromatic N) is 1. The monoisotopic (exact) mass is 528 g/mol. The van der Waals surface area contributed by atoms with Crippen LogP contribution < -0.4 is 16.6 Å². The van der Waals surface area contributed by atoms with Gasteiger partial charge in [0.15, 0.2) is 0 Å². The number of phenols is 1. The Balaban J connectivity index is 1.36. The molecule has 1 aromatic heterocycles. The number of hydrogen-bond acceptors (Lipinski definition) is 6. The number of hydrogen-bond donors (Lipinski definition) is 5. The highest BCUT2D eigenvalue weighted by Crippen LogP contribution is 2.56. The molecule has 2 bridgehead atoms. The average molecular weight is 529 g/mol. The number of piperidine rings is 1. The molecule has 6 rings (SSSR count). The molecule has 0 spiro atoms. The Morgan fingerprint density at radius 3 is 2.67 bits per heavy atom. The van der Waals surface area contributed by atoms with E-state index >= 15 is 0 Å². The first kappa shape index (κ1) is 25.3. The molecule has 4 atom stereocenters. The molecule has 2 heterocycles. The van der Waals surface area contributed by atoms with E-state index in [0.717, 1.165) is 23.2 Å². The summed E-state index contributed by atoms with van der Waals surface area (Å²) in [6, 6.07) is 14.9. The Labute approximate surface area is 225 Å². The molecule has 3 aliphatic rings. The molecule has 0 unspecified atom stereocenters. The molecular formula is C30H32N4O5. The second-order valence-corrected chi connectivity index (χ2v) is 11.3. The van der Waals surface area contributed by atoms with Crippen LogP contribution in [0.15, 0.2) is 59.4 Å². The third kappa shape index (κ3) is 3.95. The smallest absolute Gasteiger partial charge is 0.261 e. The summed E-state index contributed by atoms with van der Waals surface area (Å²) in [4.78, 5) is 43.6. The lowest BCUT2D eigenvalue weighted by Gasteiger charge is -2.63. The molecule has 2 amide bonds. The Morgan fingerprint density at radius 1 is 1.15 bits per heavy atom. The van der Waals surface area contributed by atoms with E-state index in [-0.39, 0.29) is 30.2 Å². The highest BCUT2D eigenvalue weighted by atomic mass is 16.3. The Morgan fingerprint density at radius 2 is 1.92 bits per heavy atom. The Hall–Kier alpha value is -3.95. The van der Waals surface area contributed by atoms with Crippen LogP contribution in [-0.2, 0) is 35.9 Å². The first-order valence-electron chi connectivity index (χ1n) is 13.3. The van der Waals surface area contributed by atoms with Crippen molar-refractivity contribution < 1.29 is 19.8 Å². The molecule has 202 valence electrons. The zero-order chi connectivity index (χ0) is 27.5. The van der Waals surface area contributed by atoms with Gasteiger partial charge < -0.3 is 31.1 Å². The van der Waals surface area contributed by atoms with Crippen molar-refractivity contribution in [2.24, 2.45) is 5.73 Å². The molecule has 9 heteroatoms. The van der Waals surface area contributed by atoms with Gasteiger partial charge in [0.05, 0.1) is 5.60 Å². The topological polar surface area (TPSA) is 149 Å². The number of rotatable bonds is 5. The lowest BCUT2D eigenvalue weighted by molar-refractivity contribution is -0.145. The maximum absolute atomic E-state index is 13.2. The Kier molecular flexibility index (Phi) is 5.89. The van der Waals surface area contributed by atoms with Gasteiger partial charge in [0.1, 0.15) is 17.4 Å². The van der Waals surface area contributed by atoms with Gasteiger partial charge >= 0.3 is 0 Å². The first-order chi connectivity index (χ1) is 18.6. The van der Waals surface area contributed by atoms with E-state index in [9.17, 15) is 24.6 Å². The number of aromatic nitrogens is 1. The molecule has 1 saturated heterocycles. The summed E-state index contributed by atoms with van der Waals surface area (Å²) in [7, 11) is 2.01. The molecule has 2 aromatic carbocycles. The van der Waals surface area contributed by atoms with E-state index in [0.29, 0.717) is 30.5 Å². The van der Waals surface area contributed by atoms with Crippen molar-refractivity contribution in [3.05, 3.63) is 98.5 Å². The summed E-state index contributed by atoms with van der Waals surface area (Å²) in [6.45, 7) is 0.776. The molecule has 9 nitrogen and oxygen atoms in total. The van der Waals surface area contributed by atoms with Gasteiger partial charge in [0, 0.05) is 36.4 Å². The summed E-state index contributed by atoms with van der Waals surface area (Å²) in [5.74, 6) is -1.24. The molecule has 39 heavy (non-hydrogen) atoms. The highest BCUT2D eigenvalue weighted by Gasteiger charge is 2.64. The van der Waals surface area contributed by atoms with Crippen LogP contribution in [0, 0.1) is 0 Å². The maximum atomic E-state index is 13.2. The van der Waals surface area contributed by atoms with Crippen LogP contribution in [0.4, 0.5) is 0 Å².